The van der Waals surface area contributed by atoms with Crippen LogP contribution in [-0.2, 0) is 17.8 Å². The van der Waals surface area contributed by atoms with Gasteiger partial charge in [0, 0.05) is 11.6 Å². The molecular formula is C8H9ClN2O3S. The van der Waals surface area contributed by atoms with Gasteiger partial charge in [-0.1, -0.05) is 23.7 Å². The predicted molar refractivity (Wildman–Crippen MR) is 57.6 cm³/mol. The van der Waals surface area contributed by atoms with Gasteiger partial charge in [0.2, 0.25) is 0 Å². The molecular weight excluding hydrogens is 240 g/mol. The van der Waals surface area contributed by atoms with E-state index in [2.05, 4.69) is 5.32 Å². The van der Waals surface area contributed by atoms with Gasteiger partial charge in [-0.25, -0.2) is 13.7 Å². The van der Waals surface area contributed by atoms with Gasteiger partial charge in [-0.2, -0.15) is 0 Å². The predicted octanol–water partition coefficient (Wildman–Crippen LogP) is 1.28. The first-order valence-corrected chi connectivity index (χ1v) is 5.46. The number of rotatable bonds is 3. The lowest BCUT2D eigenvalue weighted by Crippen LogP contribution is -2.35. The van der Waals surface area contributed by atoms with Crippen molar-refractivity contribution in [3.05, 3.63) is 34.9 Å². The lowest BCUT2D eigenvalue weighted by atomic mass is 10.2. The lowest BCUT2D eigenvalue weighted by Gasteiger charge is -2.04. The Bertz CT molecular complexity index is 369. The van der Waals surface area contributed by atoms with Crippen LogP contribution in [0.1, 0.15) is 5.56 Å². The van der Waals surface area contributed by atoms with Crippen molar-refractivity contribution in [1.29, 1.82) is 0 Å². The van der Waals surface area contributed by atoms with Crippen molar-refractivity contribution in [2.24, 2.45) is 0 Å². The van der Waals surface area contributed by atoms with Crippen LogP contribution in [0.5, 0.6) is 0 Å². The van der Waals surface area contributed by atoms with Crippen LogP contribution >= 0.6 is 11.6 Å². The SMILES string of the molecule is O=C(NCc1ccc(Cl)cc1)NS(=O)O. The van der Waals surface area contributed by atoms with E-state index in [1.54, 1.807) is 29.0 Å². The fourth-order valence-corrected chi connectivity index (χ4v) is 1.26. The van der Waals surface area contributed by atoms with E-state index in [9.17, 15) is 9.00 Å². The zero-order valence-electron chi connectivity index (χ0n) is 7.57. The van der Waals surface area contributed by atoms with Crippen LogP contribution in [0.2, 0.25) is 5.02 Å². The third-order valence-corrected chi connectivity index (χ3v) is 2.16. The lowest BCUT2D eigenvalue weighted by molar-refractivity contribution is 0.245. The summed E-state index contributed by atoms with van der Waals surface area (Å²) in [5.41, 5.74) is 0.846. The Morgan fingerprint density at radius 3 is 2.53 bits per heavy atom. The van der Waals surface area contributed by atoms with E-state index in [0.717, 1.165) is 5.56 Å². The fraction of sp³-hybridized carbons (Fsp3) is 0.125. The Balaban J connectivity index is 2.40. The van der Waals surface area contributed by atoms with E-state index in [1.807, 2.05) is 0 Å². The van der Waals surface area contributed by atoms with Crippen molar-refractivity contribution >= 4 is 28.9 Å². The molecule has 0 saturated heterocycles. The number of amides is 2. The minimum Gasteiger partial charge on any atom is -0.333 e. The summed E-state index contributed by atoms with van der Waals surface area (Å²) in [5, 5.41) is 3.01. The number of carbonyl (C=O) groups excluding carboxylic acids is 1. The second-order valence-electron chi connectivity index (χ2n) is 2.66. The summed E-state index contributed by atoms with van der Waals surface area (Å²) >= 11 is 3.33. The molecule has 5 nitrogen and oxygen atoms in total. The first kappa shape index (κ1) is 12.0. The maximum Gasteiger partial charge on any atom is 0.328 e. The molecule has 0 aliphatic rings. The highest BCUT2D eigenvalue weighted by atomic mass is 35.5. The number of urea groups is 1. The molecule has 0 aliphatic carbocycles. The summed E-state index contributed by atoms with van der Waals surface area (Å²) < 4.78 is 20.3. The van der Waals surface area contributed by atoms with Crippen LogP contribution in [0.15, 0.2) is 24.3 Å². The molecule has 3 N–H and O–H groups in total. The van der Waals surface area contributed by atoms with Gasteiger partial charge >= 0.3 is 6.03 Å². The fourth-order valence-electron chi connectivity index (χ4n) is 0.900. The van der Waals surface area contributed by atoms with Crippen LogP contribution in [0, 0.1) is 0 Å². The molecule has 2 amide bonds. The van der Waals surface area contributed by atoms with Gasteiger partial charge in [0.1, 0.15) is 0 Å². The molecule has 0 aromatic heterocycles. The average molecular weight is 249 g/mol. The van der Waals surface area contributed by atoms with E-state index in [1.165, 1.54) is 0 Å². The number of hydrogen-bond donors (Lipinski definition) is 3. The van der Waals surface area contributed by atoms with Crippen LogP contribution in [0.4, 0.5) is 4.79 Å². The Morgan fingerprint density at radius 1 is 1.40 bits per heavy atom. The highest BCUT2D eigenvalue weighted by Gasteiger charge is 2.02. The molecule has 0 heterocycles. The average Bonchev–Trinajstić information content (AvgIpc) is 2.16. The smallest absolute Gasteiger partial charge is 0.328 e. The van der Waals surface area contributed by atoms with Crippen LogP contribution in [0.25, 0.3) is 0 Å². The second-order valence-corrected chi connectivity index (χ2v) is 3.80. The summed E-state index contributed by atoms with van der Waals surface area (Å²) in [6.45, 7) is 0.264. The highest BCUT2D eigenvalue weighted by molar-refractivity contribution is 7.77. The first-order valence-electron chi connectivity index (χ1n) is 3.97. The molecule has 15 heavy (non-hydrogen) atoms. The quantitative estimate of drug-likeness (QED) is 0.705. The second kappa shape index (κ2) is 5.69. The minimum absolute atomic E-state index is 0.264. The van der Waals surface area contributed by atoms with Crippen LogP contribution < -0.4 is 10.0 Å². The van der Waals surface area contributed by atoms with Crippen molar-refractivity contribution in [2.45, 2.75) is 6.54 Å². The molecule has 0 spiro atoms. The van der Waals surface area contributed by atoms with Gasteiger partial charge in [-0.3, -0.25) is 4.55 Å². The van der Waals surface area contributed by atoms with Crippen molar-refractivity contribution in [1.82, 2.24) is 10.0 Å². The summed E-state index contributed by atoms with van der Waals surface area (Å²) in [6, 6.07) is 6.18. The molecule has 1 aromatic carbocycles. The molecule has 0 radical (unpaired) electrons. The summed E-state index contributed by atoms with van der Waals surface area (Å²) in [5.74, 6) is 0. The molecule has 0 fully saturated rings. The summed E-state index contributed by atoms with van der Waals surface area (Å²) in [4.78, 5) is 10.9. The van der Waals surface area contributed by atoms with E-state index < -0.39 is 17.3 Å². The summed E-state index contributed by atoms with van der Waals surface area (Å²) in [7, 11) is 0. The third-order valence-electron chi connectivity index (χ3n) is 1.55. The summed E-state index contributed by atoms with van der Waals surface area (Å²) in [6.07, 6.45) is 0. The largest absolute Gasteiger partial charge is 0.333 e. The number of benzene rings is 1. The normalized spacial score (nSPS) is 11.9. The Hall–Kier alpha value is -1.11. The number of hydrogen-bond acceptors (Lipinski definition) is 2. The maximum atomic E-state index is 10.9. The van der Waals surface area contributed by atoms with E-state index in [-0.39, 0.29) is 6.54 Å². The van der Waals surface area contributed by atoms with Gasteiger partial charge in [0.05, 0.1) is 0 Å². The Labute approximate surface area is 94.2 Å². The molecule has 1 aromatic rings. The molecule has 82 valence electrons. The number of halogens is 1. The number of nitrogens with one attached hydrogen (secondary N) is 2. The Kier molecular flexibility index (Phi) is 4.54. The highest BCUT2D eigenvalue weighted by Crippen LogP contribution is 2.08. The van der Waals surface area contributed by atoms with E-state index in [4.69, 9.17) is 16.2 Å². The molecule has 1 unspecified atom stereocenters. The van der Waals surface area contributed by atoms with Crippen LogP contribution in [-0.4, -0.2) is 14.8 Å². The zero-order chi connectivity index (χ0) is 11.3. The van der Waals surface area contributed by atoms with Gasteiger partial charge in [-0.05, 0) is 17.7 Å². The van der Waals surface area contributed by atoms with Crippen molar-refractivity contribution in [3.8, 4) is 0 Å². The van der Waals surface area contributed by atoms with Gasteiger partial charge in [0.15, 0.2) is 0 Å². The van der Waals surface area contributed by atoms with E-state index in [0.29, 0.717) is 5.02 Å². The van der Waals surface area contributed by atoms with Crippen LogP contribution in [0.3, 0.4) is 0 Å². The molecule has 1 rings (SSSR count). The molecule has 0 saturated carbocycles. The molecule has 7 heteroatoms. The third kappa shape index (κ3) is 4.78. The molecule has 1 atom stereocenters. The zero-order valence-corrected chi connectivity index (χ0v) is 9.14. The van der Waals surface area contributed by atoms with Gasteiger partial charge in [-0.15, -0.1) is 0 Å². The first-order chi connectivity index (χ1) is 7.08. The van der Waals surface area contributed by atoms with Gasteiger partial charge in [0.25, 0.3) is 11.3 Å². The topological polar surface area (TPSA) is 78.4 Å². The Morgan fingerprint density at radius 2 is 2.00 bits per heavy atom. The van der Waals surface area contributed by atoms with E-state index >= 15 is 0 Å². The van der Waals surface area contributed by atoms with Crippen molar-refractivity contribution in [3.63, 3.8) is 0 Å². The van der Waals surface area contributed by atoms with Crippen molar-refractivity contribution in [2.75, 3.05) is 0 Å². The number of carbonyl (C=O) groups is 1. The molecule has 0 aliphatic heterocycles. The monoisotopic (exact) mass is 248 g/mol. The maximum absolute atomic E-state index is 10.9. The minimum atomic E-state index is -2.34. The standard InChI is InChI=1S/C8H9ClN2O3S/c9-7-3-1-6(2-4-7)5-10-8(12)11-15(13)14/h1-4H,5H2,(H,13,14)(H2,10,11,12). The van der Waals surface area contributed by atoms with Gasteiger partial charge < -0.3 is 5.32 Å². The molecule has 0 bridgehead atoms. The van der Waals surface area contributed by atoms with Crippen molar-refractivity contribution < 1.29 is 13.6 Å².